The SMILES string of the molecule is O=S(=O)(NCCn1nc(C(F)(F)F)c2c1CCOC2)c1ccc2ccccc2c1. The molecule has 1 aromatic heterocycles. The molecule has 29 heavy (non-hydrogen) atoms. The van der Waals surface area contributed by atoms with E-state index < -0.39 is 21.9 Å². The number of hydrogen-bond acceptors (Lipinski definition) is 4. The van der Waals surface area contributed by atoms with Gasteiger partial charge in [-0.05, 0) is 22.9 Å². The fourth-order valence-electron chi connectivity index (χ4n) is 3.43. The van der Waals surface area contributed by atoms with Crippen LogP contribution in [0.3, 0.4) is 0 Å². The zero-order valence-corrected chi connectivity index (χ0v) is 16.1. The molecule has 4 rings (SSSR count). The third kappa shape index (κ3) is 4.00. The molecule has 10 heteroatoms. The van der Waals surface area contributed by atoms with Gasteiger partial charge in [0.2, 0.25) is 10.0 Å². The van der Waals surface area contributed by atoms with Gasteiger partial charge in [0, 0.05) is 24.2 Å². The highest BCUT2D eigenvalue weighted by Gasteiger charge is 2.39. The maximum atomic E-state index is 13.2. The average Bonchev–Trinajstić information content (AvgIpc) is 3.07. The zero-order chi connectivity index (χ0) is 20.6. The number of benzene rings is 2. The van der Waals surface area contributed by atoms with E-state index in [4.69, 9.17) is 4.74 Å². The number of hydrogen-bond donors (Lipinski definition) is 1. The Kier molecular flexibility index (Phi) is 5.09. The minimum absolute atomic E-state index is 0.00871. The molecule has 0 radical (unpaired) electrons. The molecular weight excluding hydrogens is 407 g/mol. The molecule has 0 saturated heterocycles. The van der Waals surface area contributed by atoms with Crippen molar-refractivity contribution in [1.82, 2.24) is 14.5 Å². The van der Waals surface area contributed by atoms with Gasteiger partial charge in [0.25, 0.3) is 0 Å². The second kappa shape index (κ2) is 7.43. The third-order valence-corrected chi connectivity index (χ3v) is 6.27. The van der Waals surface area contributed by atoms with Crippen molar-refractivity contribution in [2.24, 2.45) is 0 Å². The fraction of sp³-hybridized carbons (Fsp3) is 0.316. The van der Waals surface area contributed by atoms with Crippen molar-refractivity contribution in [1.29, 1.82) is 0 Å². The van der Waals surface area contributed by atoms with Crippen molar-refractivity contribution >= 4 is 20.8 Å². The first kappa shape index (κ1) is 19.9. The van der Waals surface area contributed by atoms with E-state index in [0.717, 1.165) is 10.8 Å². The Balaban J connectivity index is 1.51. The van der Waals surface area contributed by atoms with E-state index >= 15 is 0 Å². The van der Waals surface area contributed by atoms with Crippen LogP contribution < -0.4 is 4.72 Å². The maximum Gasteiger partial charge on any atom is 0.435 e. The Hall–Kier alpha value is -2.43. The zero-order valence-electron chi connectivity index (χ0n) is 15.2. The van der Waals surface area contributed by atoms with Crippen LogP contribution in [-0.4, -0.2) is 31.3 Å². The van der Waals surface area contributed by atoms with E-state index in [9.17, 15) is 21.6 Å². The Labute approximate surface area is 165 Å². The average molecular weight is 425 g/mol. The smallest absolute Gasteiger partial charge is 0.376 e. The van der Waals surface area contributed by atoms with Gasteiger partial charge in [-0.1, -0.05) is 30.3 Å². The number of aromatic nitrogens is 2. The van der Waals surface area contributed by atoms with Crippen LogP contribution in [0.5, 0.6) is 0 Å². The minimum atomic E-state index is -4.58. The number of alkyl halides is 3. The number of ether oxygens (including phenoxy) is 1. The van der Waals surface area contributed by atoms with Crippen LogP contribution >= 0.6 is 0 Å². The molecule has 0 atom stereocenters. The van der Waals surface area contributed by atoms with Crippen LogP contribution in [0.1, 0.15) is 17.0 Å². The first-order valence-electron chi connectivity index (χ1n) is 8.98. The number of sulfonamides is 1. The second-order valence-corrected chi connectivity index (χ2v) is 8.47. The third-order valence-electron chi connectivity index (χ3n) is 4.81. The summed E-state index contributed by atoms with van der Waals surface area (Å²) in [6.07, 6.45) is -4.28. The van der Waals surface area contributed by atoms with Crippen LogP contribution in [0.15, 0.2) is 47.4 Å². The van der Waals surface area contributed by atoms with Crippen LogP contribution in [0.25, 0.3) is 10.8 Å². The van der Waals surface area contributed by atoms with Crippen molar-refractivity contribution in [2.45, 2.75) is 30.6 Å². The summed E-state index contributed by atoms with van der Waals surface area (Å²) in [5.41, 5.74) is -0.501. The molecule has 2 heterocycles. The normalized spacial score (nSPS) is 14.9. The van der Waals surface area contributed by atoms with Crippen molar-refractivity contribution < 1.29 is 26.3 Å². The van der Waals surface area contributed by atoms with Gasteiger partial charge < -0.3 is 4.74 Å². The maximum absolute atomic E-state index is 13.2. The van der Waals surface area contributed by atoms with Crippen LogP contribution in [0.4, 0.5) is 13.2 Å². The first-order valence-corrected chi connectivity index (χ1v) is 10.5. The molecule has 0 aliphatic carbocycles. The van der Waals surface area contributed by atoms with Gasteiger partial charge in [0.05, 0.1) is 24.7 Å². The fourth-order valence-corrected chi connectivity index (χ4v) is 4.48. The summed E-state index contributed by atoms with van der Waals surface area (Å²) in [6.45, 7) is 0.0679. The van der Waals surface area contributed by atoms with Crippen LogP contribution in [0.2, 0.25) is 0 Å². The molecule has 0 bridgehead atoms. The van der Waals surface area contributed by atoms with Gasteiger partial charge in [0.1, 0.15) is 0 Å². The Morgan fingerprint density at radius 3 is 2.66 bits per heavy atom. The largest absolute Gasteiger partial charge is 0.435 e. The van der Waals surface area contributed by atoms with E-state index in [2.05, 4.69) is 9.82 Å². The summed E-state index contributed by atoms with van der Waals surface area (Å²) in [6, 6.07) is 12.1. The minimum Gasteiger partial charge on any atom is -0.376 e. The molecule has 1 aliphatic heterocycles. The van der Waals surface area contributed by atoms with Gasteiger partial charge in [-0.25, -0.2) is 13.1 Å². The lowest BCUT2D eigenvalue weighted by molar-refractivity contribution is -0.142. The van der Waals surface area contributed by atoms with Gasteiger partial charge in [-0.2, -0.15) is 18.3 Å². The van der Waals surface area contributed by atoms with E-state index in [1.807, 2.05) is 24.3 Å². The Morgan fingerprint density at radius 1 is 1.14 bits per heavy atom. The summed E-state index contributed by atoms with van der Waals surface area (Å²) in [7, 11) is -3.80. The highest BCUT2D eigenvalue weighted by atomic mass is 32.2. The second-order valence-electron chi connectivity index (χ2n) is 6.70. The molecule has 154 valence electrons. The summed E-state index contributed by atoms with van der Waals surface area (Å²) in [4.78, 5) is 0.100. The molecular formula is C19H18F3N3O3S. The lowest BCUT2D eigenvalue weighted by Gasteiger charge is -2.15. The number of halogens is 3. The molecule has 0 fully saturated rings. The Morgan fingerprint density at radius 2 is 1.90 bits per heavy atom. The van der Waals surface area contributed by atoms with Gasteiger partial charge in [0.15, 0.2) is 5.69 Å². The van der Waals surface area contributed by atoms with Crippen LogP contribution in [-0.2, 0) is 40.5 Å². The molecule has 1 aliphatic rings. The quantitative estimate of drug-likeness (QED) is 0.682. The van der Waals surface area contributed by atoms with E-state index in [1.165, 1.54) is 10.7 Å². The summed E-state index contributed by atoms with van der Waals surface area (Å²) in [5, 5.41) is 5.37. The Bertz CT molecular complexity index is 1160. The monoisotopic (exact) mass is 425 g/mol. The van der Waals surface area contributed by atoms with Crippen molar-refractivity contribution in [3.05, 3.63) is 59.4 Å². The standard InChI is InChI=1S/C19H18F3N3O3S/c20-19(21,22)18-16-12-28-10-7-17(16)25(24-18)9-8-23-29(26,27)15-6-5-13-3-1-2-4-14(13)11-15/h1-6,11,23H,7-10,12H2. The van der Waals surface area contributed by atoms with Crippen molar-refractivity contribution in [3.8, 4) is 0 Å². The summed E-state index contributed by atoms with van der Waals surface area (Å²) in [5.74, 6) is 0. The van der Waals surface area contributed by atoms with Gasteiger partial charge in [-0.3, -0.25) is 4.68 Å². The van der Waals surface area contributed by atoms with Gasteiger partial charge in [-0.15, -0.1) is 0 Å². The molecule has 3 aromatic rings. The topological polar surface area (TPSA) is 73.2 Å². The summed E-state index contributed by atoms with van der Waals surface area (Å²) >= 11 is 0. The summed E-state index contributed by atoms with van der Waals surface area (Å²) < 4.78 is 73.6. The molecule has 0 saturated carbocycles. The van der Waals surface area contributed by atoms with Crippen molar-refractivity contribution in [3.63, 3.8) is 0 Å². The predicted octanol–water partition coefficient (Wildman–Crippen LogP) is 3.11. The number of nitrogens with one attached hydrogen (secondary N) is 1. The highest BCUT2D eigenvalue weighted by molar-refractivity contribution is 7.89. The molecule has 0 spiro atoms. The first-order chi connectivity index (χ1) is 13.8. The van der Waals surface area contributed by atoms with Crippen LogP contribution in [0, 0.1) is 0 Å². The van der Waals surface area contributed by atoms with Gasteiger partial charge >= 0.3 is 6.18 Å². The lowest BCUT2D eigenvalue weighted by atomic mass is 10.1. The molecule has 1 N–H and O–H groups in total. The number of nitrogens with zero attached hydrogens (tertiary/aromatic N) is 2. The molecule has 6 nitrogen and oxygen atoms in total. The highest BCUT2D eigenvalue weighted by Crippen LogP contribution is 2.34. The van der Waals surface area contributed by atoms with Crippen molar-refractivity contribution in [2.75, 3.05) is 13.2 Å². The molecule has 2 aromatic carbocycles. The lowest BCUT2D eigenvalue weighted by Crippen LogP contribution is -2.28. The predicted molar refractivity (Wildman–Crippen MR) is 99.7 cm³/mol. The molecule has 0 amide bonds. The number of rotatable bonds is 5. The van der Waals surface area contributed by atoms with E-state index in [1.54, 1.807) is 12.1 Å². The van der Waals surface area contributed by atoms with E-state index in [0.29, 0.717) is 18.7 Å². The number of fused-ring (bicyclic) bond motifs is 2. The van der Waals surface area contributed by atoms with E-state index in [-0.39, 0.29) is 30.2 Å². The molecule has 0 unspecified atom stereocenters.